The van der Waals surface area contributed by atoms with Gasteiger partial charge in [0.2, 0.25) is 21.8 Å². The van der Waals surface area contributed by atoms with Crippen molar-refractivity contribution in [1.82, 2.24) is 4.31 Å². The predicted octanol–water partition coefficient (Wildman–Crippen LogP) is 3.18. The van der Waals surface area contributed by atoms with E-state index in [1.807, 2.05) is 25.1 Å². The third-order valence-electron chi connectivity index (χ3n) is 5.46. The molecule has 2 aromatic carbocycles. The second kappa shape index (κ2) is 9.02. The van der Waals surface area contributed by atoms with Crippen molar-refractivity contribution in [2.45, 2.75) is 29.6 Å². The van der Waals surface area contributed by atoms with Gasteiger partial charge in [0.15, 0.2) is 0 Å². The molecule has 4 rings (SSSR count). The first kappa shape index (κ1) is 21.9. The molecule has 2 aromatic rings. The third kappa shape index (κ3) is 4.63. The number of amides is 2. The molecule has 1 saturated heterocycles. The fourth-order valence-electron chi connectivity index (χ4n) is 3.77. The van der Waals surface area contributed by atoms with Crippen LogP contribution in [0.5, 0.6) is 0 Å². The Kier molecular flexibility index (Phi) is 6.36. The first-order chi connectivity index (χ1) is 14.9. The maximum atomic E-state index is 13.1. The minimum absolute atomic E-state index is 0.157. The summed E-state index contributed by atoms with van der Waals surface area (Å²) in [7, 11) is -3.63. The number of nitrogens with one attached hydrogen (secondary N) is 1. The van der Waals surface area contributed by atoms with E-state index in [-0.39, 0.29) is 29.2 Å². The van der Waals surface area contributed by atoms with E-state index in [1.165, 1.54) is 21.0 Å². The molecule has 31 heavy (non-hydrogen) atoms. The van der Waals surface area contributed by atoms with Gasteiger partial charge >= 0.3 is 0 Å². The Balaban J connectivity index is 1.66. The van der Waals surface area contributed by atoms with Crippen LogP contribution in [0, 0.1) is 5.92 Å². The number of fused-ring (bicyclic) bond motifs is 1. The zero-order valence-corrected chi connectivity index (χ0v) is 18.9. The molecule has 2 heterocycles. The molecule has 9 heteroatoms. The molecule has 0 aromatic heterocycles. The van der Waals surface area contributed by atoms with E-state index in [4.69, 9.17) is 0 Å². The van der Waals surface area contributed by atoms with Crippen LogP contribution in [0.2, 0.25) is 0 Å². The molecule has 1 atom stereocenters. The summed E-state index contributed by atoms with van der Waals surface area (Å²) >= 11 is 1.51. The molecule has 1 fully saturated rings. The van der Waals surface area contributed by atoms with Crippen molar-refractivity contribution >= 4 is 45.0 Å². The number of hydrogen-bond donors (Lipinski definition) is 1. The highest BCUT2D eigenvalue weighted by molar-refractivity contribution is 7.99. The van der Waals surface area contributed by atoms with Gasteiger partial charge in [0.05, 0.1) is 10.6 Å². The standard InChI is InChI=1S/C22H25N3O4S2/c1-16-15-30-20-10-9-18(31(28,29)24-11-5-6-12-24)13-19(20)25(22(16)27)14-21(26)23-17-7-3-2-4-8-17/h2-4,7-10,13,16H,5-6,11-12,14-15H2,1H3,(H,23,26)/t16-/m1/s1. The van der Waals surface area contributed by atoms with Crippen LogP contribution in [0.3, 0.4) is 0 Å². The van der Waals surface area contributed by atoms with Crippen molar-refractivity contribution in [1.29, 1.82) is 0 Å². The molecule has 1 N–H and O–H groups in total. The molecule has 0 bridgehead atoms. The van der Waals surface area contributed by atoms with Gasteiger partial charge in [-0.1, -0.05) is 25.1 Å². The molecule has 164 valence electrons. The van der Waals surface area contributed by atoms with Crippen molar-refractivity contribution in [3.05, 3.63) is 48.5 Å². The van der Waals surface area contributed by atoms with E-state index in [1.54, 1.807) is 30.3 Å². The highest BCUT2D eigenvalue weighted by atomic mass is 32.2. The quantitative estimate of drug-likeness (QED) is 0.742. The highest BCUT2D eigenvalue weighted by Gasteiger charge is 2.33. The Morgan fingerprint density at radius 3 is 2.55 bits per heavy atom. The van der Waals surface area contributed by atoms with Gasteiger partial charge in [-0.05, 0) is 43.2 Å². The number of anilines is 2. The maximum Gasteiger partial charge on any atom is 0.244 e. The predicted molar refractivity (Wildman–Crippen MR) is 122 cm³/mol. The van der Waals surface area contributed by atoms with Crippen LogP contribution in [-0.2, 0) is 19.6 Å². The summed E-state index contributed by atoms with van der Waals surface area (Å²) in [4.78, 5) is 28.2. The second-order valence-corrected chi connectivity index (χ2v) is 10.8. The second-order valence-electron chi connectivity index (χ2n) is 7.79. The zero-order valence-electron chi connectivity index (χ0n) is 17.3. The molecular weight excluding hydrogens is 434 g/mol. The number of carbonyl (C=O) groups excluding carboxylic acids is 2. The van der Waals surface area contributed by atoms with Gasteiger partial charge in [0.25, 0.3) is 0 Å². The highest BCUT2D eigenvalue weighted by Crippen LogP contribution is 2.38. The van der Waals surface area contributed by atoms with Crippen LogP contribution < -0.4 is 10.2 Å². The molecule has 0 aliphatic carbocycles. The molecular formula is C22H25N3O4S2. The third-order valence-corrected chi connectivity index (χ3v) is 8.68. The minimum Gasteiger partial charge on any atom is -0.325 e. The van der Waals surface area contributed by atoms with Crippen molar-refractivity contribution in [2.24, 2.45) is 5.92 Å². The smallest absolute Gasteiger partial charge is 0.244 e. The van der Waals surface area contributed by atoms with Crippen LogP contribution in [0.15, 0.2) is 58.3 Å². The monoisotopic (exact) mass is 459 g/mol. The SMILES string of the molecule is C[C@@H]1CSc2ccc(S(=O)(=O)N3CCCC3)cc2N(CC(=O)Nc2ccccc2)C1=O. The van der Waals surface area contributed by atoms with Crippen LogP contribution in [0.4, 0.5) is 11.4 Å². The van der Waals surface area contributed by atoms with E-state index in [0.29, 0.717) is 30.2 Å². The van der Waals surface area contributed by atoms with Crippen LogP contribution in [0.25, 0.3) is 0 Å². The average molecular weight is 460 g/mol. The van der Waals surface area contributed by atoms with E-state index in [2.05, 4.69) is 5.32 Å². The van der Waals surface area contributed by atoms with E-state index in [0.717, 1.165) is 17.7 Å². The summed E-state index contributed by atoms with van der Waals surface area (Å²) in [6.07, 6.45) is 1.70. The summed E-state index contributed by atoms with van der Waals surface area (Å²) in [5, 5.41) is 2.80. The topological polar surface area (TPSA) is 86.8 Å². The van der Waals surface area contributed by atoms with Gasteiger partial charge in [-0.25, -0.2) is 8.42 Å². The summed E-state index contributed by atoms with van der Waals surface area (Å²) < 4.78 is 27.6. The molecule has 0 saturated carbocycles. The fraction of sp³-hybridized carbons (Fsp3) is 0.364. The Hall–Kier alpha value is -2.36. The lowest BCUT2D eigenvalue weighted by Crippen LogP contribution is -2.41. The minimum atomic E-state index is -3.63. The van der Waals surface area contributed by atoms with E-state index in [9.17, 15) is 18.0 Å². The summed E-state index contributed by atoms with van der Waals surface area (Å²) in [5.41, 5.74) is 1.12. The van der Waals surface area contributed by atoms with Gasteiger partial charge in [0, 0.05) is 35.3 Å². The normalized spacial score (nSPS) is 19.7. The lowest BCUT2D eigenvalue weighted by Gasteiger charge is -2.25. The Morgan fingerprint density at radius 1 is 1.13 bits per heavy atom. The molecule has 0 radical (unpaired) electrons. The number of thioether (sulfide) groups is 1. The van der Waals surface area contributed by atoms with Gasteiger partial charge in [-0.15, -0.1) is 11.8 Å². The summed E-state index contributed by atoms with van der Waals surface area (Å²) in [6, 6.07) is 13.9. The maximum absolute atomic E-state index is 13.1. The number of carbonyl (C=O) groups is 2. The van der Waals surface area contributed by atoms with Gasteiger partial charge in [-0.2, -0.15) is 4.31 Å². The van der Waals surface area contributed by atoms with E-state index >= 15 is 0 Å². The number of benzene rings is 2. The zero-order chi connectivity index (χ0) is 22.0. The molecule has 2 aliphatic heterocycles. The number of sulfonamides is 1. The van der Waals surface area contributed by atoms with Gasteiger partial charge in [-0.3, -0.25) is 9.59 Å². The van der Waals surface area contributed by atoms with Crippen molar-refractivity contribution in [3.63, 3.8) is 0 Å². The van der Waals surface area contributed by atoms with Crippen LogP contribution in [0.1, 0.15) is 19.8 Å². The van der Waals surface area contributed by atoms with Gasteiger partial charge < -0.3 is 10.2 Å². The Bertz CT molecular complexity index is 1080. The van der Waals surface area contributed by atoms with Crippen LogP contribution in [-0.4, -0.2) is 49.9 Å². The Labute approximate surface area is 186 Å². The van der Waals surface area contributed by atoms with Crippen molar-refractivity contribution < 1.29 is 18.0 Å². The first-order valence-corrected chi connectivity index (χ1v) is 12.7. The summed E-state index contributed by atoms with van der Waals surface area (Å²) in [6.45, 7) is 2.66. The number of hydrogen-bond acceptors (Lipinski definition) is 5. The lowest BCUT2D eigenvalue weighted by atomic mass is 10.1. The number of rotatable bonds is 5. The van der Waals surface area contributed by atoms with Gasteiger partial charge in [0.1, 0.15) is 6.54 Å². The molecule has 2 amide bonds. The first-order valence-electron chi connectivity index (χ1n) is 10.3. The molecule has 2 aliphatic rings. The number of nitrogens with zero attached hydrogens (tertiary/aromatic N) is 2. The summed E-state index contributed by atoms with van der Waals surface area (Å²) in [5.74, 6) is -0.246. The fourth-order valence-corrected chi connectivity index (χ4v) is 6.36. The van der Waals surface area contributed by atoms with E-state index < -0.39 is 10.0 Å². The Morgan fingerprint density at radius 2 is 1.84 bits per heavy atom. The van der Waals surface area contributed by atoms with Crippen molar-refractivity contribution in [2.75, 3.05) is 35.6 Å². The molecule has 7 nitrogen and oxygen atoms in total. The van der Waals surface area contributed by atoms with Crippen LogP contribution >= 0.6 is 11.8 Å². The largest absolute Gasteiger partial charge is 0.325 e. The average Bonchev–Trinajstić information content (AvgIpc) is 3.28. The molecule has 0 spiro atoms. The number of para-hydroxylation sites is 1. The molecule has 0 unspecified atom stereocenters. The van der Waals surface area contributed by atoms with Crippen molar-refractivity contribution in [3.8, 4) is 0 Å². The lowest BCUT2D eigenvalue weighted by molar-refractivity contribution is -0.123.